The molecule has 1 aromatic carbocycles. The van der Waals surface area contributed by atoms with Crippen molar-refractivity contribution in [3.63, 3.8) is 0 Å². The van der Waals surface area contributed by atoms with E-state index in [1.807, 2.05) is 0 Å². The molecule has 3 rings (SSSR count). The number of nitrogens with one attached hydrogen (secondary N) is 1. The van der Waals surface area contributed by atoms with Crippen LogP contribution in [0.4, 0.5) is 0 Å². The van der Waals surface area contributed by atoms with Crippen LogP contribution in [0.3, 0.4) is 0 Å². The van der Waals surface area contributed by atoms with Crippen molar-refractivity contribution < 1.29 is 4.79 Å². The first-order chi connectivity index (χ1) is 11.1. The number of benzene rings is 1. The lowest BCUT2D eigenvalue weighted by Crippen LogP contribution is -2.43. The molecule has 4 heteroatoms. The average Bonchev–Trinajstić information content (AvgIpc) is 3.28. The molecule has 0 unspecified atom stereocenters. The topological polar surface area (TPSA) is 53.8 Å². The van der Waals surface area contributed by atoms with Crippen molar-refractivity contribution in [2.24, 2.45) is 10.2 Å². The number of nitrogens with zero attached hydrogens (tertiary/aromatic N) is 2. The second kappa shape index (κ2) is 6.54. The molecule has 1 amide bonds. The Morgan fingerprint density at radius 2 is 2.09 bits per heavy atom. The van der Waals surface area contributed by atoms with Gasteiger partial charge in [-0.2, -0.15) is 10.2 Å². The summed E-state index contributed by atoms with van der Waals surface area (Å²) < 4.78 is 0. The summed E-state index contributed by atoms with van der Waals surface area (Å²) in [5.41, 5.74) is 2.41. The number of carbonyl (C=O) groups excluding carboxylic acids is 1. The van der Waals surface area contributed by atoms with Crippen molar-refractivity contribution in [3.05, 3.63) is 35.4 Å². The molecular weight excluding hydrogens is 286 g/mol. The van der Waals surface area contributed by atoms with Crippen LogP contribution in [-0.2, 0) is 4.79 Å². The average molecular weight is 309 g/mol. The van der Waals surface area contributed by atoms with E-state index in [0.29, 0.717) is 31.2 Å². The molecular formula is C19H23N3O. The van der Waals surface area contributed by atoms with Gasteiger partial charge in [-0.3, -0.25) is 4.79 Å². The van der Waals surface area contributed by atoms with E-state index in [1.165, 1.54) is 11.1 Å². The fourth-order valence-corrected chi connectivity index (χ4v) is 3.32. The maximum atomic E-state index is 12.1. The van der Waals surface area contributed by atoms with Crippen LogP contribution in [0.25, 0.3) is 0 Å². The zero-order valence-corrected chi connectivity index (χ0v) is 13.6. The number of amides is 1. The van der Waals surface area contributed by atoms with E-state index >= 15 is 0 Å². The molecule has 23 heavy (non-hydrogen) atoms. The highest BCUT2D eigenvalue weighted by Crippen LogP contribution is 2.39. The largest absolute Gasteiger partial charge is 0.353 e. The van der Waals surface area contributed by atoms with Gasteiger partial charge in [-0.1, -0.05) is 24.3 Å². The molecule has 0 bridgehead atoms. The van der Waals surface area contributed by atoms with Crippen molar-refractivity contribution >= 4 is 5.91 Å². The summed E-state index contributed by atoms with van der Waals surface area (Å²) in [6, 6.07) is 8.82. The first kappa shape index (κ1) is 15.7. The van der Waals surface area contributed by atoms with Gasteiger partial charge in [0.15, 0.2) is 5.66 Å². The van der Waals surface area contributed by atoms with E-state index in [0.717, 1.165) is 19.3 Å². The molecule has 0 saturated heterocycles. The van der Waals surface area contributed by atoms with E-state index < -0.39 is 0 Å². The minimum Gasteiger partial charge on any atom is -0.353 e. The van der Waals surface area contributed by atoms with Crippen LogP contribution in [0.1, 0.15) is 55.6 Å². The Morgan fingerprint density at radius 1 is 1.35 bits per heavy atom. The predicted molar refractivity (Wildman–Crippen MR) is 90.0 cm³/mol. The quantitative estimate of drug-likeness (QED) is 0.767. The number of aryl methyl sites for hydroxylation is 1. The van der Waals surface area contributed by atoms with Gasteiger partial charge in [0.1, 0.15) is 0 Å². The van der Waals surface area contributed by atoms with Crippen LogP contribution >= 0.6 is 0 Å². The van der Waals surface area contributed by atoms with Gasteiger partial charge in [0.25, 0.3) is 0 Å². The molecule has 1 N–H and O–H groups in total. The van der Waals surface area contributed by atoms with Crippen molar-refractivity contribution in [2.75, 3.05) is 0 Å². The molecule has 0 atom stereocenters. The Labute approximate surface area is 137 Å². The van der Waals surface area contributed by atoms with Crippen LogP contribution in [0.5, 0.6) is 0 Å². The van der Waals surface area contributed by atoms with Gasteiger partial charge in [-0.05, 0) is 36.8 Å². The minimum absolute atomic E-state index is 0.107. The summed E-state index contributed by atoms with van der Waals surface area (Å²) >= 11 is 0. The molecule has 0 spiro atoms. The van der Waals surface area contributed by atoms with Crippen LogP contribution in [0, 0.1) is 19.3 Å². The van der Waals surface area contributed by atoms with Crippen molar-refractivity contribution in [2.45, 2.75) is 63.1 Å². The van der Waals surface area contributed by atoms with Gasteiger partial charge in [0.2, 0.25) is 5.91 Å². The summed E-state index contributed by atoms with van der Waals surface area (Å²) in [5.74, 6) is 3.29. The van der Waals surface area contributed by atoms with E-state index in [-0.39, 0.29) is 11.6 Å². The second-order valence-electron chi connectivity index (χ2n) is 6.68. The predicted octanol–water partition coefficient (Wildman–Crippen LogP) is 3.71. The summed E-state index contributed by atoms with van der Waals surface area (Å²) in [7, 11) is 0. The first-order valence-corrected chi connectivity index (χ1v) is 8.34. The maximum Gasteiger partial charge on any atom is 0.220 e. The highest BCUT2D eigenvalue weighted by Gasteiger charge is 2.39. The lowest BCUT2D eigenvalue weighted by Gasteiger charge is -2.37. The third-order valence-electron chi connectivity index (χ3n) is 4.94. The van der Waals surface area contributed by atoms with Gasteiger partial charge < -0.3 is 5.32 Å². The Morgan fingerprint density at radius 3 is 2.74 bits per heavy atom. The molecule has 1 aromatic rings. The fraction of sp³-hybridized carbons (Fsp3) is 0.526. The Hall–Kier alpha value is -2.15. The number of hydrogen-bond donors (Lipinski definition) is 1. The lowest BCUT2D eigenvalue weighted by molar-refractivity contribution is -0.122. The van der Waals surface area contributed by atoms with Crippen LogP contribution in [0.15, 0.2) is 34.5 Å². The van der Waals surface area contributed by atoms with Gasteiger partial charge in [0.05, 0.1) is 0 Å². The standard InChI is InChI=1S/C19H23N3O/c1-3-4-10-19(21-22-19)11-9-18(23)20-16-12-15(13-16)17-8-6-5-7-14(17)2/h1,5-8,15-16H,4,9-13H2,2H3,(H,20,23). The number of rotatable bonds is 7. The third-order valence-corrected chi connectivity index (χ3v) is 4.94. The molecule has 1 heterocycles. The Bertz CT molecular complexity index is 647. The number of hydrogen-bond acceptors (Lipinski definition) is 3. The van der Waals surface area contributed by atoms with E-state index in [2.05, 4.69) is 52.7 Å². The van der Waals surface area contributed by atoms with Gasteiger partial charge in [-0.15, -0.1) is 12.3 Å². The smallest absolute Gasteiger partial charge is 0.220 e. The van der Waals surface area contributed by atoms with Crippen LogP contribution in [-0.4, -0.2) is 17.6 Å². The Kier molecular flexibility index (Phi) is 4.47. The zero-order valence-electron chi connectivity index (χ0n) is 13.6. The van der Waals surface area contributed by atoms with Gasteiger partial charge >= 0.3 is 0 Å². The molecule has 1 aliphatic heterocycles. The zero-order chi connectivity index (χ0) is 16.3. The summed E-state index contributed by atoms with van der Waals surface area (Å²) in [5, 5.41) is 11.3. The maximum absolute atomic E-state index is 12.1. The third kappa shape index (κ3) is 3.79. The van der Waals surface area contributed by atoms with Gasteiger partial charge in [0, 0.05) is 31.7 Å². The van der Waals surface area contributed by atoms with Crippen molar-refractivity contribution in [1.29, 1.82) is 0 Å². The molecule has 4 nitrogen and oxygen atoms in total. The lowest BCUT2D eigenvalue weighted by atomic mass is 9.74. The second-order valence-corrected chi connectivity index (χ2v) is 6.68. The van der Waals surface area contributed by atoms with Crippen LogP contribution in [0.2, 0.25) is 0 Å². The first-order valence-electron chi connectivity index (χ1n) is 8.34. The SMILES string of the molecule is C#CCCC1(CCC(=O)NC2CC(c3ccccc3C)C2)N=N1. The van der Waals surface area contributed by atoms with Crippen molar-refractivity contribution in [3.8, 4) is 12.3 Å². The van der Waals surface area contributed by atoms with E-state index in [4.69, 9.17) is 6.42 Å². The highest BCUT2D eigenvalue weighted by atomic mass is 16.1. The molecule has 1 aliphatic carbocycles. The molecule has 0 aromatic heterocycles. The summed E-state index contributed by atoms with van der Waals surface area (Å²) in [4.78, 5) is 12.1. The molecule has 120 valence electrons. The minimum atomic E-state index is -0.354. The highest BCUT2D eigenvalue weighted by molar-refractivity contribution is 5.76. The summed E-state index contributed by atoms with van der Waals surface area (Å²) in [6.07, 6.45) is 9.91. The molecule has 1 fully saturated rings. The summed E-state index contributed by atoms with van der Waals surface area (Å²) in [6.45, 7) is 2.15. The normalized spacial score (nSPS) is 23.7. The van der Waals surface area contributed by atoms with E-state index in [1.54, 1.807) is 0 Å². The van der Waals surface area contributed by atoms with E-state index in [9.17, 15) is 4.79 Å². The fourth-order valence-electron chi connectivity index (χ4n) is 3.32. The molecule has 0 radical (unpaired) electrons. The molecule has 1 saturated carbocycles. The monoisotopic (exact) mass is 309 g/mol. The van der Waals surface area contributed by atoms with Crippen molar-refractivity contribution in [1.82, 2.24) is 5.32 Å². The van der Waals surface area contributed by atoms with Gasteiger partial charge in [-0.25, -0.2) is 0 Å². The number of carbonyl (C=O) groups is 1. The number of terminal acetylenes is 1. The Balaban J connectivity index is 1.38. The molecule has 2 aliphatic rings. The van der Waals surface area contributed by atoms with Crippen LogP contribution < -0.4 is 5.32 Å².